The van der Waals surface area contributed by atoms with Crippen molar-refractivity contribution in [1.29, 1.82) is 0 Å². The van der Waals surface area contributed by atoms with Crippen LogP contribution < -0.4 is 10.6 Å². The average Bonchev–Trinajstić information content (AvgIpc) is 3.07. The number of rotatable bonds is 8. The average molecular weight is 601 g/mol. The summed E-state index contributed by atoms with van der Waals surface area (Å²) in [6.45, 7) is 9.63. The van der Waals surface area contributed by atoms with Gasteiger partial charge in [0.05, 0.1) is 12.0 Å². The van der Waals surface area contributed by atoms with Crippen LogP contribution in [0.25, 0.3) is 0 Å². The molecule has 0 radical (unpaired) electrons. The Morgan fingerprint density at radius 3 is 2.39 bits per heavy atom. The SMILES string of the molecule is C/C=C1\C(=C/C)C(=O)N(CCNC(=O)OC(C)(C)C)C(C2C=CC=C(Cl)C=C2Cl)[C@@H]1C(=O)NCCc1ccccc1. The van der Waals surface area contributed by atoms with Crippen LogP contribution in [0.3, 0.4) is 0 Å². The van der Waals surface area contributed by atoms with Crippen molar-refractivity contribution in [3.8, 4) is 0 Å². The molecule has 2 N–H and O–H groups in total. The maximum atomic E-state index is 14.0. The molecule has 2 unspecified atom stereocenters. The van der Waals surface area contributed by atoms with E-state index in [0.717, 1.165) is 5.56 Å². The van der Waals surface area contributed by atoms with E-state index in [1.54, 1.807) is 56.9 Å². The number of nitrogens with zero attached hydrogens (tertiary/aromatic N) is 1. The number of likely N-dealkylation sites (tertiary alicyclic amines) is 1. The molecule has 1 aliphatic carbocycles. The van der Waals surface area contributed by atoms with Gasteiger partial charge < -0.3 is 20.3 Å². The summed E-state index contributed by atoms with van der Waals surface area (Å²) in [7, 11) is 0. The minimum absolute atomic E-state index is 0.123. The Kier molecular flexibility index (Phi) is 11.4. The summed E-state index contributed by atoms with van der Waals surface area (Å²) in [5, 5.41) is 6.67. The van der Waals surface area contributed by atoms with Crippen molar-refractivity contribution in [2.24, 2.45) is 11.8 Å². The Balaban J connectivity index is 1.96. The molecule has 0 saturated carbocycles. The summed E-state index contributed by atoms with van der Waals surface area (Å²) in [5.74, 6) is -1.70. The van der Waals surface area contributed by atoms with Gasteiger partial charge in [-0.2, -0.15) is 0 Å². The van der Waals surface area contributed by atoms with Crippen molar-refractivity contribution in [3.05, 3.63) is 93.6 Å². The number of allylic oxidation sites excluding steroid dienone is 6. The molecule has 1 fully saturated rings. The molecule has 7 nitrogen and oxygen atoms in total. The number of ether oxygens (including phenoxy) is 1. The van der Waals surface area contributed by atoms with Gasteiger partial charge in [0.1, 0.15) is 5.60 Å². The predicted molar refractivity (Wildman–Crippen MR) is 164 cm³/mol. The number of halogens is 2. The van der Waals surface area contributed by atoms with Gasteiger partial charge in [-0.25, -0.2) is 4.79 Å². The first-order valence-electron chi connectivity index (χ1n) is 13.8. The quantitative estimate of drug-likeness (QED) is 0.358. The van der Waals surface area contributed by atoms with Gasteiger partial charge >= 0.3 is 6.09 Å². The van der Waals surface area contributed by atoms with Crippen LogP contribution in [0.4, 0.5) is 4.79 Å². The summed E-state index contributed by atoms with van der Waals surface area (Å²) in [4.78, 5) is 41.9. The monoisotopic (exact) mass is 599 g/mol. The molecule has 2 aliphatic rings. The molecule has 0 bridgehead atoms. The molecule has 3 amide bonds. The molecule has 41 heavy (non-hydrogen) atoms. The molecular weight excluding hydrogens is 561 g/mol. The van der Waals surface area contributed by atoms with Gasteiger partial charge in [0.2, 0.25) is 5.91 Å². The van der Waals surface area contributed by atoms with Crippen LogP contribution in [-0.4, -0.2) is 54.1 Å². The zero-order valence-corrected chi connectivity index (χ0v) is 25.8. The highest BCUT2D eigenvalue weighted by molar-refractivity contribution is 6.35. The van der Waals surface area contributed by atoms with Crippen LogP contribution in [0, 0.1) is 11.8 Å². The van der Waals surface area contributed by atoms with Crippen molar-refractivity contribution in [2.45, 2.75) is 52.7 Å². The van der Waals surface area contributed by atoms with Crippen LogP contribution >= 0.6 is 23.2 Å². The second kappa shape index (κ2) is 14.6. The molecule has 0 spiro atoms. The summed E-state index contributed by atoms with van der Waals surface area (Å²) in [5.41, 5.74) is 1.53. The Morgan fingerprint density at radius 2 is 1.76 bits per heavy atom. The first-order valence-corrected chi connectivity index (χ1v) is 14.6. The largest absolute Gasteiger partial charge is 0.444 e. The number of carbonyl (C=O) groups is 3. The van der Waals surface area contributed by atoms with Gasteiger partial charge in [-0.1, -0.05) is 77.8 Å². The molecular formula is C32H39Cl2N3O4. The highest BCUT2D eigenvalue weighted by Gasteiger charge is 2.48. The molecule has 1 heterocycles. The Morgan fingerprint density at radius 1 is 1.05 bits per heavy atom. The lowest BCUT2D eigenvalue weighted by Gasteiger charge is -2.46. The van der Waals surface area contributed by atoms with E-state index in [4.69, 9.17) is 27.9 Å². The van der Waals surface area contributed by atoms with Crippen molar-refractivity contribution < 1.29 is 19.1 Å². The Hall–Kier alpha value is -3.29. The second-order valence-corrected chi connectivity index (χ2v) is 11.7. The van der Waals surface area contributed by atoms with Gasteiger partial charge in [-0.15, -0.1) is 0 Å². The molecule has 0 aromatic heterocycles. The van der Waals surface area contributed by atoms with Gasteiger partial charge in [0.25, 0.3) is 5.91 Å². The van der Waals surface area contributed by atoms with E-state index in [2.05, 4.69) is 10.6 Å². The van der Waals surface area contributed by atoms with E-state index >= 15 is 0 Å². The van der Waals surface area contributed by atoms with Crippen molar-refractivity contribution >= 4 is 41.1 Å². The number of piperidine rings is 1. The fourth-order valence-electron chi connectivity index (χ4n) is 5.11. The predicted octanol–water partition coefficient (Wildman–Crippen LogP) is 6.02. The van der Waals surface area contributed by atoms with Crippen molar-refractivity contribution in [1.82, 2.24) is 15.5 Å². The number of benzene rings is 1. The van der Waals surface area contributed by atoms with Crippen LogP contribution in [0.2, 0.25) is 0 Å². The Bertz CT molecular complexity index is 1280. The lowest BCUT2D eigenvalue weighted by Crippen LogP contribution is -2.59. The highest BCUT2D eigenvalue weighted by atomic mass is 35.5. The molecule has 1 saturated heterocycles. The maximum Gasteiger partial charge on any atom is 0.407 e. The summed E-state index contributed by atoms with van der Waals surface area (Å²) >= 11 is 13.1. The van der Waals surface area contributed by atoms with E-state index in [1.807, 2.05) is 49.4 Å². The molecule has 1 aromatic rings. The summed E-state index contributed by atoms with van der Waals surface area (Å²) in [6, 6.07) is 9.23. The van der Waals surface area contributed by atoms with Gasteiger partial charge in [0.15, 0.2) is 0 Å². The number of carbonyl (C=O) groups excluding carboxylic acids is 3. The number of amides is 3. The van der Waals surface area contributed by atoms with E-state index in [-0.39, 0.29) is 24.9 Å². The van der Waals surface area contributed by atoms with E-state index in [1.165, 1.54) is 0 Å². The molecule has 220 valence electrons. The normalized spacial score (nSPS) is 23.1. The van der Waals surface area contributed by atoms with Gasteiger partial charge in [-0.05, 0) is 64.3 Å². The van der Waals surface area contributed by atoms with Crippen LogP contribution in [0.15, 0.2) is 88.0 Å². The maximum absolute atomic E-state index is 14.0. The second-order valence-electron chi connectivity index (χ2n) is 10.9. The lowest BCUT2D eigenvalue weighted by molar-refractivity contribution is -0.136. The van der Waals surface area contributed by atoms with Crippen molar-refractivity contribution in [2.75, 3.05) is 19.6 Å². The highest BCUT2D eigenvalue weighted by Crippen LogP contribution is 2.41. The zero-order valence-electron chi connectivity index (χ0n) is 24.2. The number of nitrogens with one attached hydrogen (secondary N) is 2. The zero-order chi connectivity index (χ0) is 30.2. The minimum Gasteiger partial charge on any atom is -0.444 e. The third-order valence-corrected chi connectivity index (χ3v) is 7.43. The number of hydrogen-bond donors (Lipinski definition) is 2. The topological polar surface area (TPSA) is 87.7 Å². The first kappa shape index (κ1) is 32.2. The third-order valence-electron chi connectivity index (χ3n) is 6.83. The third kappa shape index (κ3) is 8.60. The number of hydrogen-bond acceptors (Lipinski definition) is 4. The number of alkyl carbamates (subject to hydrolysis) is 1. The lowest BCUT2D eigenvalue weighted by atomic mass is 9.74. The first-order chi connectivity index (χ1) is 19.5. The smallest absolute Gasteiger partial charge is 0.407 e. The van der Waals surface area contributed by atoms with E-state index in [9.17, 15) is 14.4 Å². The van der Waals surface area contributed by atoms with Gasteiger partial charge in [-0.3, -0.25) is 9.59 Å². The van der Waals surface area contributed by atoms with Crippen LogP contribution in [-0.2, 0) is 20.7 Å². The summed E-state index contributed by atoms with van der Waals surface area (Å²) < 4.78 is 5.36. The Labute approximate surface area is 253 Å². The fraction of sp³-hybridized carbons (Fsp3) is 0.406. The van der Waals surface area contributed by atoms with E-state index < -0.39 is 29.6 Å². The van der Waals surface area contributed by atoms with Crippen LogP contribution in [0.1, 0.15) is 40.2 Å². The van der Waals surface area contributed by atoms with E-state index in [0.29, 0.717) is 34.2 Å². The fourth-order valence-corrected chi connectivity index (χ4v) is 5.67. The molecule has 9 heteroatoms. The molecule has 3 atom stereocenters. The molecule has 1 aromatic carbocycles. The van der Waals surface area contributed by atoms with Crippen molar-refractivity contribution in [3.63, 3.8) is 0 Å². The van der Waals surface area contributed by atoms with Gasteiger partial charge in [0, 0.05) is 41.2 Å². The molecule has 1 aliphatic heterocycles. The molecule has 3 rings (SSSR count). The standard InChI is InChI=1S/C32H39Cl2N3O4/c1-6-23-24(7-2)30(39)37(19-18-36-31(40)41-32(3,4)5)28(25-15-11-14-22(33)20-26(25)34)27(23)29(38)35-17-16-21-12-9-8-10-13-21/h6-15,20,25,27-28H,16-19H2,1-5H3,(H,35,38)(H,36,40)/b23-6+,24-7+/t25?,27-,28?/m1/s1. The van der Waals surface area contributed by atoms with Crippen LogP contribution in [0.5, 0.6) is 0 Å². The summed E-state index contributed by atoms with van der Waals surface area (Å²) in [6.07, 6.45) is 10.6. The minimum atomic E-state index is -0.727.